The zero-order valence-corrected chi connectivity index (χ0v) is 16.5. The van der Waals surface area contributed by atoms with Gasteiger partial charge in [0.15, 0.2) is 11.6 Å². The third-order valence-corrected chi connectivity index (χ3v) is 4.71. The van der Waals surface area contributed by atoms with E-state index in [0.29, 0.717) is 54.1 Å². The molecule has 4 heterocycles. The van der Waals surface area contributed by atoms with Gasteiger partial charge in [-0.1, -0.05) is 0 Å². The third kappa shape index (κ3) is 3.52. The van der Waals surface area contributed by atoms with Crippen LogP contribution in [0, 0.1) is 0 Å². The lowest BCUT2D eigenvalue weighted by Gasteiger charge is -2.11. The van der Waals surface area contributed by atoms with Gasteiger partial charge in [-0.05, 0) is 18.2 Å². The summed E-state index contributed by atoms with van der Waals surface area (Å²) in [5, 5.41) is 4.46. The van der Waals surface area contributed by atoms with E-state index in [4.69, 9.17) is 14.2 Å². The Kier molecular flexibility index (Phi) is 5.13. The zero-order valence-electron chi connectivity index (χ0n) is 16.5. The Morgan fingerprint density at radius 3 is 2.76 bits per heavy atom. The number of methoxy groups -OCH3 is 3. The minimum absolute atomic E-state index is 0.110. The molecule has 0 aromatic carbocycles. The quantitative estimate of drug-likeness (QED) is 0.605. The maximum atomic E-state index is 12.8. The molecule has 0 saturated carbocycles. The Morgan fingerprint density at radius 1 is 1.14 bits per heavy atom. The van der Waals surface area contributed by atoms with Gasteiger partial charge in [-0.3, -0.25) is 19.4 Å². The lowest BCUT2D eigenvalue weighted by Crippen LogP contribution is -2.23. The van der Waals surface area contributed by atoms with Crippen molar-refractivity contribution in [1.82, 2.24) is 19.7 Å². The molecule has 1 aliphatic heterocycles. The molecule has 9 heteroatoms. The molecule has 29 heavy (non-hydrogen) atoms. The number of hydrogen-bond donors (Lipinski definition) is 0. The second-order valence-electron chi connectivity index (χ2n) is 6.45. The molecule has 0 N–H and O–H groups in total. The molecule has 0 atom stereocenters. The van der Waals surface area contributed by atoms with Gasteiger partial charge in [-0.2, -0.15) is 5.10 Å². The molecule has 9 nitrogen and oxygen atoms in total. The van der Waals surface area contributed by atoms with Crippen LogP contribution in [0.5, 0.6) is 11.6 Å². The monoisotopic (exact) mass is 395 g/mol. The van der Waals surface area contributed by atoms with Crippen LogP contribution in [0.25, 0.3) is 11.3 Å². The summed E-state index contributed by atoms with van der Waals surface area (Å²) in [5.74, 6) is 1.41. The van der Waals surface area contributed by atoms with Gasteiger partial charge < -0.3 is 14.2 Å². The summed E-state index contributed by atoms with van der Waals surface area (Å²) < 4.78 is 17.3. The van der Waals surface area contributed by atoms with Crippen LogP contribution in [0.4, 0.5) is 5.82 Å². The van der Waals surface area contributed by atoms with Crippen molar-refractivity contribution in [3.63, 3.8) is 0 Å². The first-order valence-corrected chi connectivity index (χ1v) is 9.07. The maximum absolute atomic E-state index is 12.8. The standard InChI is InChI=1S/C20H21N5O4/c1-27-9-8-24-7-6-18(23-24)25-12-16-14(20(25)26)4-5-15(22-16)13-10-17(28-2)19(29-3)21-11-13/h4-7,10-11H,8-9,12H2,1-3H3. The fraction of sp³-hybridized carbons (Fsp3) is 0.300. The first kappa shape index (κ1) is 18.9. The summed E-state index contributed by atoms with van der Waals surface area (Å²) in [5.41, 5.74) is 2.76. The number of pyridine rings is 2. The molecule has 0 aliphatic carbocycles. The summed E-state index contributed by atoms with van der Waals surface area (Å²) >= 11 is 0. The van der Waals surface area contributed by atoms with Crippen molar-refractivity contribution in [2.45, 2.75) is 13.1 Å². The highest BCUT2D eigenvalue weighted by molar-refractivity contribution is 6.09. The van der Waals surface area contributed by atoms with E-state index >= 15 is 0 Å². The molecule has 0 saturated heterocycles. The smallest absolute Gasteiger partial charge is 0.261 e. The average Bonchev–Trinajstić information content (AvgIpc) is 3.35. The summed E-state index contributed by atoms with van der Waals surface area (Å²) in [7, 11) is 4.74. The average molecular weight is 395 g/mol. The van der Waals surface area contributed by atoms with Crippen LogP contribution in [0.15, 0.2) is 36.7 Å². The first-order valence-electron chi connectivity index (χ1n) is 9.07. The van der Waals surface area contributed by atoms with Gasteiger partial charge in [-0.25, -0.2) is 4.98 Å². The van der Waals surface area contributed by atoms with Gasteiger partial charge in [-0.15, -0.1) is 0 Å². The number of carbonyl (C=O) groups is 1. The highest BCUT2D eigenvalue weighted by Crippen LogP contribution is 2.32. The van der Waals surface area contributed by atoms with Crippen LogP contribution in [0.3, 0.4) is 0 Å². The SMILES string of the molecule is COCCn1ccc(N2Cc3nc(-c4cnc(OC)c(OC)c4)ccc3C2=O)n1. The normalized spacial score (nSPS) is 12.9. The zero-order chi connectivity index (χ0) is 20.4. The van der Waals surface area contributed by atoms with Crippen LogP contribution in [-0.4, -0.2) is 53.6 Å². The number of hydrogen-bond acceptors (Lipinski definition) is 7. The molecule has 3 aromatic rings. The highest BCUT2D eigenvalue weighted by atomic mass is 16.5. The molecule has 3 aromatic heterocycles. The van der Waals surface area contributed by atoms with E-state index in [0.717, 1.165) is 5.56 Å². The van der Waals surface area contributed by atoms with Gasteiger partial charge in [0.05, 0.1) is 50.9 Å². The molecule has 0 spiro atoms. The molecule has 0 bridgehead atoms. The Morgan fingerprint density at radius 2 is 2.00 bits per heavy atom. The molecule has 0 fully saturated rings. The molecule has 0 radical (unpaired) electrons. The number of rotatable bonds is 7. The Labute approximate surface area is 167 Å². The minimum atomic E-state index is -0.110. The predicted octanol–water partition coefficient (Wildman–Crippen LogP) is 2.16. The number of ether oxygens (including phenoxy) is 3. The van der Waals surface area contributed by atoms with Crippen LogP contribution in [0.2, 0.25) is 0 Å². The van der Waals surface area contributed by atoms with E-state index in [1.54, 1.807) is 42.1 Å². The van der Waals surface area contributed by atoms with E-state index < -0.39 is 0 Å². The van der Waals surface area contributed by atoms with E-state index in [1.807, 2.05) is 18.3 Å². The lowest BCUT2D eigenvalue weighted by molar-refractivity contribution is 0.0995. The molecular formula is C20H21N5O4. The second-order valence-corrected chi connectivity index (χ2v) is 6.45. The van der Waals surface area contributed by atoms with Crippen molar-refractivity contribution < 1.29 is 19.0 Å². The molecule has 150 valence electrons. The maximum Gasteiger partial charge on any atom is 0.261 e. The number of nitrogens with zero attached hydrogens (tertiary/aromatic N) is 5. The van der Waals surface area contributed by atoms with Gasteiger partial charge in [0.2, 0.25) is 0 Å². The Bertz CT molecular complexity index is 1050. The first-order chi connectivity index (χ1) is 14.1. The van der Waals surface area contributed by atoms with Crippen molar-refractivity contribution in [3.8, 4) is 22.9 Å². The van der Waals surface area contributed by atoms with Crippen LogP contribution in [0.1, 0.15) is 16.1 Å². The molecule has 0 unspecified atom stereocenters. The highest BCUT2D eigenvalue weighted by Gasteiger charge is 2.31. The second kappa shape index (κ2) is 7.88. The van der Waals surface area contributed by atoms with Crippen molar-refractivity contribution in [3.05, 3.63) is 47.9 Å². The van der Waals surface area contributed by atoms with Crippen LogP contribution >= 0.6 is 0 Å². The van der Waals surface area contributed by atoms with E-state index in [2.05, 4.69) is 15.1 Å². The van der Waals surface area contributed by atoms with E-state index in [1.165, 1.54) is 7.11 Å². The van der Waals surface area contributed by atoms with Gasteiger partial charge in [0, 0.05) is 31.1 Å². The van der Waals surface area contributed by atoms with Crippen molar-refractivity contribution >= 4 is 11.7 Å². The fourth-order valence-corrected chi connectivity index (χ4v) is 3.21. The van der Waals surface area contributed by atoms with Crippen LogP contribution in [-0.2, 0) is 17.8 Å². The summed E-state index contributed by atoms with van der Waals surface area (Å²) in [6.45, 7) is 1.55. The summed E-state index contributed by atoms with van der Waals surface area (Å²) in [6, 6.07) is 7.23. The van der Waals surface area contributed by atoms with E-state index in [9.17, 15) is 4.79 Å². The number of amides is 1. The number of anilines is 1. The predicted molar refractivity (Wildman–Crippen MR) is 105 cm³/mol. The summed E-state index contributed by atoms with van der Waals surface area (Å²) in [6.07, 6.45) is 3.50. The van der Waals surface area contributed by atoms with Gasteiger partial charge in [0.1, 0.15) is 0 Å². The Balaban J connectivity index is 1.60. The van der Waals surface area contributed by atoms with Crippen molar-refractivity contribution in [1.29, 1.82) is 0 Å². The van der Waals surface area contributed by atoms with Crippen molar-refractivity contribution in [2.75, 3.05) is 32.8 Å². The molecule has 1 aliphatic rings. The van der Waals surface area contributed by atoms with Crippen LogP contribution < -0.4 is 14.4 Å². The van der Waals surface area contributed by atoms with Gasteiger partial charge >= 0.3 is 0 Å². The van der Waals surface area contributed by atoms with E-state index in [-0.39, 0.29) is 5.91 Å². The number of carbonyl (C=O) groups excluding carboxylic acids is 1. The topological polar surface area (TPSA) is 91.6 Å². The largest absolute Gasteiger partial charge is 0.491 e. The molecule has 4 rings (SSSR count). The number of aromatic nitrogens is 4. The van der Waals surface area contributed by atoms with Crippen molar-refractivity contribution in [2.24, 2.45) is 0 Å². The lowest BCUT2D eigenvalue weighted by atomic mass is 10.1. The Hall–Kier alpha value is -3.46. The number of fused-ring (bicyclic) bond motifs is 1. The minimum Gasteiger partial charge on any atom is -0.491 e. The molecular weight excluding hydrogens is 374 g/mol. The summed E-state index contributed by atoms with van der Waals surface area (Å²) in [4.78, 5) is 23.4. The third-order valence-electron chi connectivity index (χ3n) is 4.71. The van der Waals surface area contributed by atoms with Gasteiger partial charge in [0.25, 0.3) is 11.8 Å². The molecule has 1 amide bonds. The fourth-order valence-electron chi connectivity index (χ4n) is 3.21.